The SMILES string of the molecule is CCNC(C)(CO)CC(C)n1c(C)nc2c1CCCC2. The van der Waals surface area contributed by atoms with Gasteiger partial charge in [0.15, 0.2) is 0 Å². The Morgan fingerprint density at radius 2 is 2.10 bits per heavy atom. The van der Waals surface area contributed by atoms with Crippen LogP contribution in [0.25, 0.3) is 0 Å². The summed E-state index contributed by atoms with van der Waals surface area (Å²) in [5.74, 6) is 1.13. The molecule has 20 heavy (non-hydrogen) atoms. The Labute approximate surface area is 122 Å². The number of aliphatic hydroxyl groups is 1. The summed E-state index contributed by atoms with van der Waals surface area (Å²) in [5, 5.41) is 13.1. The first-order valence-corrected chi connectivity index (χ1v) is 7.93. The number of nitrogens with zero attached hydrogens (tertiary/aromatic N) is 2. The third-order valence-corrected chi connectivity index (χ3v) is 4.49. The van der Waals surface area contributed by atoms with Gasteiger partial charge in [-0.2, -0.15) is 0 Å². The van der Waals surface area contributed by atoms with Crippen LogP contribution in [0.4, 0.5) is 0 Å². The van der Waals surface area contributed by atoms with Gasteiger partial charge in [0.25, 0.3) is 0 Å². The fourth-order valence-electron chi connectivity index (χ4n) is 3.65. The third-order valence-electron chi connectivity index (χ3n) is 4.49. The van der Waals surface area contributed by atoms with E-state index >= 15 is 0 Å². The number of rotatable bonds is 6. The third kappa shape index (κ3) is 3.07. The van der Waals surface area contributed by atoms with E-state index in [1.165, 1.54) is 24.2 Å². The molecule has 0 amide bonds. The molecule has 1 aromatic heterocycles. The number of aliphatic hydroxyl groups excluding tert-OH is 1. The molecule has 4 nitrogen and oxygen atoms in total. The molecule has 0 saturated carbocycles. The van der Waals surface area contributed by atoms with Crippen molar-refractivity contribution in [1.29, 1.82) is 0 Å². The lowest BCUT2D eigenvalue weighted by Gasteiger charge is -2.33. The van der Waals surface area contributed by atoms with Crippen LogP contribution >= 0.6 is 0 Å². The van der Waals surface area contributed by atoms with Crippen molar-refractivity contribution in [3.8, 4) is 0 Å². The van der Waals surface area contributed by atoms with Crippen LogP contribution in [0.5, 0.6) is 0 Å². The van der Waals surface area contributed by atoms with E-state index in [0.717, 1.165) is 31.6 Å². The summed E-state index contributed by atoms with van der Waals surface area (Å²) in [7, 11) is 0. The smallest absolute Gasteiger partial charge is 0.106 e. The van der Waals surface area contributed by atoms with Crippen molar-refractivity contribution in [2.45, 2.75) is 71.4 Å². The molecule has 1 aromatic rings. The maximum Gasteiger partial charge on any atom is 0.106 e. The van der Waals surface area contributed by atoms with Crippen molar-refractivity contribution in [3.05, 3.63) is 17.2 Å². The summed E-state index contributed by atoms with van der Waals surface area (Å²) in [6, 6.07) is 0.362. The van der Waals surface area contributed by atoms with E-state index in [0.29, 0.717) is 6.04 Å². The first-order chi connectivity index (χ1) is 9.50. The highest BCUT2D eigenvalue weighted by molar-refractivity contribution is 5.21. The standard InChI is InChI=1S/C16H29N3O/c1-5-17-16(4,11-20)10-12(2)19-13(3)18-14-8-6-7-9-15(14)19/h12,17,20H,5-11H2,1-4H3. The van der Waals surface area contributed by atoms with E-state index < -0.39 is 0 Å². The monoisotopic (exact) mass is 279 g/mol. The van der Waals surface area contributed by atoms with Crippen LogP contribution in [0, 0.1) is 6.92 Å². The van der Waals surface area contributed by atoms with Gasteiger partial charge in [0.05, 0.1) is 12.3 Å². The first kappa shape index (κ1) is 15.5. The molecule has 0 aliphatic heterocycles. The Hall–Kier alpha value is -0.870. The Balaban J connectivity index is 2.21. The molecule has 0 aromatic carbocycles. The lowest BCUT2D eigenvalue weighted by atomic mass is 9.93. The fraction of sp³-hybridized carbons (Fsp3) is 0.812. The summed E-state index contributed by atoms with van der Waals surface area (Å²) in [4.78, 5) is 4.75. The zero-order valence-corrected chi connectivity index (χ0v) is 13.4. The van der Waals surface area contributed by atoms with E-state index in [1.54, 1.807) is 0 Å². The summed E-state index contributed by atoms with van der Waals surface area (Å²) >= 11 is 0. The molecule has 0 fully saturated rings. The predicted octanol–water partition coefficient (Wildman–Crippen LogP) is 2.38. The molecule has 0 saturated heterocycles. The Morgan fingerprint density at radius 3 is 2.75 bits per heavy atom. The second-order valence-electron chi connectivity index (χ2n) is 6.43. The average molecular weight is 279 g/mol. The molecular weight excluding hydrogens is 250 g/mol. The minimum atomic E-state index is -0.216. The van der Waals surface area contributed by atoms with Gasteiger partial charge in [0.2, 0.25) is 0 Å². The number of aromatic nitrogens is 2. The number of likely N-dealkylation sites (N-methyl/N-ethyl adjacent to an activating group) is 1. The number of hydrogen-bond donors (Lipinski definition) is 2. The molecule has 2 atom stereocenters. The van der Waals surface area contributed by atoms with Crippen molar-refractivity contribution < 1.29 is 5.11 Å². The summed E-state index contributed by atoms with van der Waals surface area (Å²) in [6.07, 6.45) is 5.73. The molecule has 0 spiro atoms. The highest BCUT2D eigenvalue weighted by atomic mass is 16.3. The van der Waals surface area contributed by atoms with Gasteiger partial charge in [-0.3, -0.25) is 0 Å². The van der Waals surface area contributed by atoms with Gasteiger partial charge < -0.3 is 15.0 Å². The highest BCUT2D eigenvalue weighted by Crippen LogP contribution is 2.29. The van der Waals surface area contributed by atoms with Crippen LogP contribution in [0.15, 0.2) is 0 Å². The molecule has 1 aliphatic rings. The molecule has 1 heterocycles. The number of nitrogens with one attached hydrogen (secondary N) is 1. The Morgan fingerprint density at radius 1 is 1.40 bits per heavy atom. The van der Waals surface area contributed by atoms with Crippen molar-refractivity contribution in [2.75, 3.05) is 13.2 Å². The van der Waals surface area contributed by atoms with Crippen LogP contribution in [-0.4, -0.2) is 33.3 Å². The molecule has 4 heteroatoms. The minimum absolute atomic E-state index is 0.168. The zero-order chi connectivity index (χ0) is 14.8. The molecule has 1 aliphatic carbocycles. The second-order valence-corrected chi connectivity index (χ2v) is 6.43. The van der Waals surface area contributed by atoms with Gasteiger partial charge in [-0.25, -0.2) is 4.98 Å². The molecule has 2 N–H and O–H groups in total. The second kappa shape index (κ2) is 6.27. The molecular formula is C16H29N3O. The van der Waals surface area contributed by atoms with Crippen LogP contribution in [0.1, 0.15) is 63.3 Å². The van der Waals surface area contributed by atoms with Crippen molar-refractivity contribution in [3.63, 3.8) is 0 Å². The topological polar surface area (TPSA) is 50.1 Å². The van der Waals surface area contributed by atoms with Crippen LogP contribution < -0.4 is 5.32 Å². The number of imidazole rings is 1. The van der Waals surface area contributed by atoms with Crippen molar-refractivity contribution in [1.82, 2.24) is 14.9 Å². The van der Waals surface area contributed by atoms with E-state index in [-0.39, 0.29) is 12.1 Å². The van der Waals surface area contributed by atoms with Gasteiger partial charge in [-0.1, -0.05) is 6.92 Å². The molecule has 2 unspecified atom stereocenters. The number of aryl methyl sites for hydroxylation is 2. The summed E-state index contributed by atoms with van der Waals surface area (Å²) in [5.41, 5.74) is 2.51. The first-order valence-electron chi connectivity index (χ1n) is 7.93. The van der Waals surface area contributed by atoms with E-state index in [1.807, 2.05) is 0 Å². The maximum absolute atomic E-state index is 9.68. The van der Waals surface area contributed by atoms with Gasteiger partial charge >= 0.3 is 0 Å². The molecule has 2 rings (SSSR count). The van der Waals surface area contributed by atoms with Gasteiger partial charge in [0, 0.05) is 17.3 Å². The Bertz CT molecular complexity index is 455. The summed E-state index contributed by atoms with van der Waals surface area (Å²) < 4.78 is 2.40. The molecule has 0 radical (unpaired) electrons. The highest BCUT2D eigenvalue weighted by Gasteiger charge is 2.28. The van der Waals surface area contributed by atoms with Gasteiger partial charge in [-0.05, 0) is 59.4 Å². The van der Waals surface area contributed by atoms with Crippen LogP contribution in [0.2, 0.25) is 0 Å². The van der Waals surface area contributed by atoms with Crippen LogP contribution in [-0.2, 0) is 12.8 Å². The normalized spacial score (nSPS) is 19.4. The van der Waals surface area contributed by atoms with E-state index in [9.17, 15) is 5.11 Å². The predicted molar refractivity (Wildman–Crippen MR) is 82.1 cm³/mol. The van der Waals surface area contributed by atoms with Crippen molar-refractivity contribution in [2.24, 2.45) is 0 Å². The van der Waals surface area contributed by atoms with Gasteiger partial charge in [-0.15, -0.1) is 0 Å². The van der Waals surface area contributed by atoms with E-state index in [2.05, 4.69) is 37.6 Å². The lowest BCUT2D eigenvalue weighted by molar-refractivity contribution is 0.152. The number of fused-ring (bicyclic) bond motifs is 1. The largest absolute Gasteiger partial charge is 0.394 e. The average Bonchev–Trinajstić information content (AvgIpc) is 2.74. The maximum atomic E-state index is 9.68. The molecule has 114 valence electrons. The Kier molecular flexibility index (Phi) is 4.86. The molecule has 0 bridgehead atoms. The summed E-state index contributed by atoms with van der Waals surface area (Å²) in [6.45, 7) is 9.59. The van der Waals surface area contributed by atoms with Crippen molar-refractivity contribution >= 4 is 0 Å². The minimum Gasteiger partial charge on any atom is -0.394 e. The quantitative estimate of drug-likeness (QED) is 0.840. The zero-order valence-electron chi connectivity index (χ0n) is 13.4. The number of hydrogen-bond acceptors (Lipinski definition) is 3. The lowest BCUT2D eigenvalue weighted by Crippen LogP contribution is -2.47. The fourth-order valence-corrected chi connectivity index (χ4v) is 3.65. The van der Waals surface area contributed by atoms with E-state index in [4.69, 9.17) is 4.98 Å². The van der Waals surface area contributed by atoms with Crippen LogP contribution in [0.3, 0.4) is 0 Å². The van der Waals surface area contributed by atoms with Gasteiger partial charge in [0.1, 0.15) is 5.82 Å².